The van der Waals surface area contributed by atoms with E-state index < -0.39 is 6.10 Å². The average molecular weight is 302 g/mol. The number of hydrogen-bond acceptors (Lipinski definition) is 3. The average Bonchev–Trinajstić information content (AvgIpc) is 3.26. The molecule has 1 aromatic carbocycles. The maximum absolute atomic E-state index is 12.0. The predicted molar refractivity (Wildman–Crippen MR) is 84.5 cm³/mol. The topological polar surface area (TPSA) is 63.5 Å². The molecule has 0 radical (unpaired) electrons. The zero-order valence-corrected chi connectivity index (χ0v) is 12.6. The fourth-order valence-electron chi connectivity index (χ4n) is 2.43. The number of amides is 1. The first-order chi connectivity index (χ1) is 10.7. The summed E-state index contributed by atoms with van der Waals surface area (Å²) >= 11 is 0. The first kappa shape index (κ1) is 15.1. The quantitative estimate of drug-likeness (QED) is 0.777. The Balaban J connectivity index is 1.41. The summed E-state index contributed by atoms with van der Waals surface area (Å²) < 4.78 is 7.31. The second-order valence-corrected chi connectivity index (χ2v) is 5.94. The summed E-state index contributed by atoms with van der Waals surface area (Å²) in [5.41, 5.74) is 1.03. The van der Waals surface area contributed by atoms with Crippen LogP contribution in [-0.2, 0) is 16.1 Å². The van der Waals surface area contributed by atoms with E-state index in [1.54, 1.807) is 0 Å². The first-order valence-electron chi connectivity index (χ1n) is 7.79. The van der Waals surface area contributed by atoms with E-state index in [2.05, 4.69) is 5.32 Å². The molecule has 118 valence electrons. The second kappa shape index (κ2) is 6.94. The molecule has 1 unspecified atom stereocenters. The summed E-state index contributed by atoms with van der Waals surface area (Å²) in [6.07, 6.45) is 3.72. The lowest BCUT2D eigenvalue weighted by atomic mass is 10.2. The number of para-hydroxylation sites is 1. The number of nitrogens with one attached hydrogen (secondary N) is 1. The highest BCUT2D eigenvalue weighted by Gasteiger charge is 2.21. The molecule has 1 aliphatic carbocycles. The van der Waals surface area contributed by atoms with Crippen molar-refractivity contribution >= 4 is 16.8 Å². The number of fused-ring (bicyclic) bond motifs is 1. The minimum absolute atomic E-state index is 0.109. The molecule has 1 fully saturated rings. The molecule has 5 heteroatoms. The summed E-state index contributed by atoms with van der Waals surface area (Å²) in [6.45, 7) is 1.48. The van der Waals surface area contributed by atoms with Gasteiger partial charge in [0.2, 0.25) is 5.91 Å². The highest BCUT2D eigenvalue weighted by atomic mass is 16.5. The van der Waals surface area contributed by atoms with E-state index in [1.165, 1.54) is 12.8 Å². The van der Waals surface area contributed by atoms with Crippen LogP contribution in [0.4, 0.5) is 0 Å². The zero-order valence-electron chi connectivity index (χ0n) is 12.6. The zero-order chi connectivity index (χ0) is 15.4. The van der Waals surface area contributed by atoms with E-state index in [0.29, 0.717) is 5.92 Å². The van der Waals surface area contributed by atoms with Gasteiger partial charge < -0.3 is 19.7 Å². The lowest BCUT2D eigenvalue weighted by molar-refractivity contribution is -0.122. The van der Waals surface area contributed by atoms with Gasteiger partial charge in [-0.2, -0.15) is 0 Å². The van der Waals surface area contributed by atoms with Crippen LogP contribution < -0.4 is 5.32 Å². The minimum Gasteiger partial charge on any atom is -0.389 e. The smallest absolute Gasteiger partial charge is 0.240 e. The van der Waals surface area contributed by atoms with Crippen molar-refractivity contribution in [2.75, 3.05) is 19.8 Å². The van der Waals surface area contributed by atoms with Crippen LogP contribution >= 0.6 is 0 Å². The third-order valence-electron chi connectivity index (χ3n) is 3.89. The van der Waals surface area contributed by atoms with E-state index >= 15 is 0 Å². The van der Waals surface area contributed by atoms with Crippen LogP contribution in [0.5, 0.6) is 0 Å². The molecule has 1 atom stereocenters. The molecule has 3 rings (SSSR count). The summed E-state index contributed by atoms with van der Waals surface area (Å²) in [5.74, 6) is 0.575. The lowest BCUT2D eigenvalue weighted by Gasteiger charge is -2.13. The molecule has 0 aliphatic heterocycles. The molecule has 1 aliphatic rings. The Morgan fingerprint density at radius 1 is 1.36 bits per heavy atom. The minimum atomic E-state index is -0.649. The third-order valence-corrected chi connectivity index (χ3v) is 3.89. The number of aliphatic hydroxyl groups is 1. The van der Waals surface area contributed by atoms with E-state index in [-0.39, 0.29) is 25.6 Å². The van der Waals surface area contributed by atoms with Gasteiger partial charge in [-0.1, -0.05) is 18.2 Å². The Hall–Kier alpha value is -1.85. The molecule has 2 aromatic rings. The molecule has 0 saturated heterocycles. The van der Waals surface area contributed by atoms with Crippen molar-refractivity contribution in [3.63, 3.8) is 0 Å². The van der Waals surface area contributed by atoms with E-state index in [0.717, 1.165) is 17.5 Å². The maximum Gasteiger partial charge on any atom is 0.240 e. The van der Waals surface area contributed by atoms with E-state index in [1.807, 2.05) is 41.1 Å². The molecule has 1 heterocycles. The Morgan fingerprint density at radius 2 is 2.18 bits per heavy atom. The van der Waals surface area contributed by atoms with Gasteiger partial charge in [0, 0.05) is 24.9 Å². The molecule has 0 spiro atoms. The van der Waals surface area contributed by atoms with Gasteiger partial charge in [0.15, 0.2) is 0 Å². The van der Waals surface area contributed by atoms with Crippen molar-refractivity contribution in [1.82, 2.24) is 9.88 Å². The number of carbonyl (C=O) groups is 1. The Labute approximate surface area is 129 Å². The van der Waals surface area contributed by atoms with E-state index in [4.69, 9.17) is 4.74 Å². The highest BCUT2D eigenvalue weighted by Crippen LogP contribution is 2.28. The lowest BCUT2D eigenvalue weighted by Crippen LogP contribution is -2.36. The van der Waals surface area contributed by atoms with Gasteiger partial charge >= 0.3 is 0 Å². The Bertz CT molecular complexity index is 634. The molecular formula is C17H22N2O3. The molecule has 5 nitrogen and oxygen atoms in total. The molecule has 0 bridgehead atoms. The number of carbonyl (C=O) groups excluding carboxylic acids is 1. The predicted octanol–water partition coefficient (Wildman–Crippen LogP) is 1.55. The fraction of sp³-hybridized carbons (Fsp3) is 0.471. The molecule has 22 heavy (non-hydrogen) atoms. The number of aromatic nitrogens is 1. The normalized spacial score (nSPS) is 15.9. The standard InChI is InChI=1S/C17H22N2O3/c20-15(12-22-11-13-5-6-13)9-18-17(21)10-19-8-7-14-3-1-2-4-16(14)19/h1-4,7-8,13,15,20H,5-6,9-12H2,(H,18,21). The fourth-order valence-corrected chi connectivity index (χ4v) is 2.43. The number of rotatable bonds is 8. The molecule has 1 aromatic heterocycles. The van der Waals surface area contributed by atoms with Gasteiger partial charge in [0.05, 0.1) is 12.7 Å². The summed E-state index contributed by atoms with van der Waals surface area (Å²) in [6, 6.07) is 9.93. The van der Waals surface area contributed by atoms with Gasteiger partial charge in [0.25, 0.3) is 0 Å². The molecule has 2 N–H and O–H groups in total. The summed E-state index contributed by atoms with van der Waals surface area (Å²) in [4.78, 5) is 12.0. The van der Waals surface area contributed by atoms with Gasteiger partial charge in [-0.3, -0.25) is 4.79 Å². The van der Waals surface area contributed by atoms with Crippen LogP contribution in [0.2, 0.25) is 0 Å². The first-order valence-corrected chi connectivity index (χ1v) is 7.79. The number of benzene rings is 1. The molecule has 1 amide bonds. The number of ether oxygens (including phenoxy) is 1. The van der Waals surface area contributed by atoms with Gasteiger partial charge in [-0.25, -0.2) is 0 Å². The van der Waals surface area contributed by atoms with Crippen LogP contribution in [0.3, 0.4) is 0 Å². The SMILES string of the molecule is O=C(Cn1ccc2ccccc21)NCC(O)COCC1CC1. The van der Waals surface area contributed by atoms with Crippen molar-refractivity contribution in [1.29, 1.82) is 0 Å². The van der Waals surface area contributed by atoms with Crippen LogP contribution in [0, 0.1) is 5.92 Å². The van der Waals surface area contributed by atoms with Gasteiger partial charge in [0.1, 0.15) is 6.54 Å². The monoisotopic (exact) mass is 302 g/mol. The van der Waals surface area contributed by atoms with Gasteiger partial charge in [-0.05, 0) is 36.3 Å². The van der Waals surface area contributed by atoms with Crippen LogP contribution in [-0.4, -0.2) is 41.4 Å². The summed E-state index contributed by atoms with van der Waals surface area (Å²) in [7, 11) is 0. The van der Waals surface area contributed by atoms with Crippen molar-refractivity contribution in [3.05, 3.63) is 36.5 Å². The van der Waals surface area contributed by atoms with Crippen LogP contribution in [0.15, 0.2) is 36.5 Å². The summed E-state index contributed by atoms with van der Waals surface area (Å²) in [5, 5.41) is 13.6. The largest absolute Gasteiger partial charge is 0.389 e. The van der Waals surface area contributed by atoms with Crippen molar-refractivity contribution in [3.8, 4) is 0 Å². The van der Waals surface area contributed by atoms with Crippen molar-refractivity contribution in [2.24, 2.45) is 5.92 Å². The number of hydrogen-bond donors (Lipinski definition) is 2. The highest BCUT2D eigenvalue weighted by molar-refractivity contribution is 5.83. The number of nitrogens with zero attached hydrogens (tertiary/aromatic N) is 1. The Kier molecular flexibility index (Phi) is 4.75. The van der Waals surface area contributed by atoms with Crippen LogP contribution in [0.1, 0.15) is 12.8 Å². The number of aliphatic hydroxyl groups excluding tert-OH is 1. The third kappa shape index (κ3) is 4.08. The van der Waals surface area contributed by atoms with Gasteiger partial charge in [-0.15, -0.1) is 0 Å². The molecule has 1 saturated carbocycles. The Morgan fingerprint density at radius 3 is 3.00 bits per heavy atom. The van der Waals surface area contributed by atoms with Crippen molar-refractivity contribution < 1.29 is 14.6 Å². The maximum atomic E-state index is 12.0. The van der Waals surface area contributed by atoms with Crippen LogP contribution in [0.25, 0.3) is 10.9 Å². The van der Waals surface area contributed by atoms with E-state index in [9.17, 15) is 9.90 Å². The van der Waals surface area contributed by atoms with Crippen molar-refractivity contribution in [2.45, 2.75) is 25.5 Å². The molecular weight excluding hydrogens is 280 g/mol. The second-order valence-electron chi connectivity index (χ2n) is 5.94.